The van der Waals surface area contributed by atoms with Gasteiger partial charge in [0.2, 0.25) is 23.6 Å². The first-order valence-electron chi connectivity index (χ1n) is 18.9. The summed E-state index contributed by atoms with van der Waals surface area (Å²) in [5.74, 6) is -2.08. The van der Waals surface area contributed by atoms with Crippen molar-refractivity contribution in [2.24, 2.45) is 5.92 Å². The summed E-state index contributed by atoms with van der Waals surface area (Å²) in [5, 5.41) is 8.04. The van der Waals surface area contributed by atoms with E-state index in [1.165, 1.54) is 16.9 Å². The Balaban J connectivity index is 1.77. The molecule has 14 nitrogen and oxygen atoms in total. The van der Waals surface area contributed by atoms with Crippen LogP contribution < -0.4 is 20.7 Å². The minimum atomic E-state index is -1.10. The normalized spacial score (nSPS) is 15.7. The fourth-order valence-electron chi connectivity index (χ4n) is 5.92. The van der Waals surface area contributed by atoms with Crippen LogP contribution in [0.3, 0.4) is 0 Å². The van der Waals surface area contributed by atoms with Gasteiger partial charge in [-0.1, -0.05) is 68.5 Å². The molecule has 0 saturated carbocycles. The molecule has 306 valence electrons. The van der Waals surface area contributed by atoms with Crippen LogP contribution in [-0.2, 0) is 46.3 Å². The minimum absolute atomic E-state index is 0.0710. The zero-order valence-corrected chi connectivity index (χ0v) is 34.2. The second kappa shape index (κ2) is 20.5. The van der Waals surface area contributed by atoms with Gasteiger partial charge in [-0.3, -0.25) is 19.2 Å². The quantitative estimate of drug-likeness (QED) is 0.179. The molecule has 0 aliphatic carbocycles. The average molecular weight is 778 g/mol. The number of alkyl carbamates (subject to hydrolysis) is 1. The van der Waals surface area contributed by atoms with Gasteiger partial charge in [0.25, 0.3) is 0 Å². The molecule has 2 aromatic rings. The Labute approximate surface area is 330 Å². The van der Waals surface area contributed by atoms with Crippen LogP contribution in [0.1, 0.15) is 72.9 Å². The van der Waals surface area contributed by atoms with E-state index in [9.17, 15) is 28.8 Å². The third kappa shape index (κ3) is 15.4. The summed E-state index contributed by atoms with van der Waals surface area (Å²) >= 11 is 0. The van der Waals surface area contributed by atoms with Crippen LogP contribution in [0.15, 0.2) is 66.7 Å². The lowest BCUT2D eigenvalue weighted by Gasteiger charge is -2.34. The number of hydrogen-bond donors (Lipinski definition) is 3. The maximum absolute atomic E-state index is 13.9. The number of amides is 5. The molecule has 3 rings (SSSR count). The molecular formula is C42H59N5O9. The van der Waals surface area contributed by atoms with Crippen LogP contribution in [0.25, 0.3) is 0 Å². The molecule has 0 spiro atoms. The van der Waals surface area contributed by atoms with Crippen molar-refractivity contribution in [1.29, 1.82) is 0 Å². The highest BCUT2D eigenvalue weighted by Crippen LogP contribution is 2.20. The first-order chi connectivity index (χ1) is 26.2. The highest BCUT2D eigenvalue weighted by Gasteiger charge is 2.35. The van der Waals surface area contributed by atoms with Crippen LogP contribution in [0.5, 0.6) is 5.75 Å². The molecule has 1 aliphatic heterocycles. The largest absolute Gasteiger partial charge is 0.488 e. The Morgan fingerprint density at radius 3 is 1.98 bits per heavy atom. The molecule has 0 bridgehead atoms. The summed E-state index contributed by atoms with van der Waals surface area (Å²) in [5.41, 5.74) is 0.305. The van der Waals surface area contributed by atoms with E-state index in [1.807, 2.05) is 65.0 Å². The van der Waals surface area contributed by atoms with Crippen molar-refractivity contribution in [2.75, 3.05) is 33.3 Å². The van der Waals surface area contributed by atoms with Crippen LogP contribution in [0, 0.1) is 5.92 Å². The summed E-state index contributed by atoms with van der Waals surface area (Å²) in [4.78, 5) is 83.0. The van der Waals surface area contributed by atoms with E-state index in [-0.39, 0.29) is 38.4 Å². The predicted molar refractivity (Wildman–Crippen MR) is 211 cm³/mol. The van der Waals surface area contributed by atoms with E-state index in [0.717, 1.165) is 11.1 Å². The van der Waals surface area contributed by atoms with Crippen molar-refractivity contribution in [3.63, 3.8) is 0 Å². The zero-order chi connectivity index (χ0) is 41.6. The molecule has 0 radical (unpaired) electrons. The summed E-state index contributed by atoms with van der Waals surface area (Å²) in [6.45, 7) is 14.1. The number of nitrogens with zero attached hydrogens (tertiary/aromatic N) is 2. The molecule has 1 aliphatic rings. The van der Waals surface area contributed by atoms with E-state index in [4.69, 9.17) is 14.2 Å². The van der Waals surface area contributed by atoms with E-state index < -0.39 is 71.6 Å². The van der Waals surface area contributed by atoms with Crippen molar-refractivity contribution < 1.29 is 43.0 Å². The lowest BCUT2D eigenvalue weighted by molar-refractivity contribution is -0.148. The van der Waals surface area contributed by atoms with Crippen molar-refractivity contribution in [2.45, 2.75) is 104 Å². The molecule has 14 heteroatoms. The van der Waals surface area contributed by atoms with Crippen LogP contribution in [0.4, 0.5) is 4.79 Å². The number of nitrogens with one attached hydrogen (secondary N) is 3. The molecule has 1 heterocycles. The van der Waals surface area contributed by atoms with Gasteiger partial charge in [-0.25, -0.2) is 9.59 Å². The summed E-state index contributed by atoms with van der Waals surface area (Å²) < 4.78 is 16.2. The van der Waals surface area contributed by atoms with Crippen molar-refractivity contribution >= 4 is 35.7 Å². The topological polar surface area (TPSA) is 173 Å². The lowest BCUT2D eigenvalue weighted by Crippen LogP contribution is -2.57. The van der Waals surface area contributed by atoms with Gasteiger partial charge in [0.15, 0.2) is 0 Å². The Morgan fingerprint density at radius 2 is 1.39 bits per heavy atom. The van der Waals surface area contributed by atoms with Crippen LogP contribution >= 0.6 is 0 Å². The van der Waals surface area contributed by atoms with Gasteiger partial charge in [0.1, 0.15) is 41.6 Å². The number of methoxy groups -OCH3 is 1. The van der Waals surface area contributed by atoms with Crippen molar-refractivity contribution in [3.8, 4) is 5.75 Å². The monoisotopic (exact) mass is 777 g/mol. The first kappa shape index (κ1) is 45.0. The predicted octanol–water partition coefficient (Wildman–Crippen LogP) is 3.96. The van der Waals surface area contributed by atoms with E-state index >= 15 is 0 Å². The summed E-state index contributed by atoms with van der Waals surface area (Å²) in [7, 11) is 1.25. The maximum atomic E-state index is 13.9. The molecule has 0 fully saturated rings. The van der Waals surface area contributed by atoms with E-state index in [2.05, 4.69) is 16.0 Å². The van der Waals surface area contributed by atoms with Crippen molar-refractivity contribution in [3.05, 3.63) is 77.9 Å². The molecular weight excluding hydrogens is 718 g/mol. The van der Waals surface area contributed by atoms with Gasteiger partial charge in [-0.15, -0.1) is 0 Å². The van der Waals surface area contributed by atoms with Gasteiger partial charge in [0.05, 0.1) is 13.7 Å². The maximum Gasteiger partial charge on any atom is 0.408 e. The molecule has 3 N–H and O–H groups in total. The number of hydrogen-bond acceptors (Lipinski definition) is 9. The molecule has 0 aromatic heterocycles. The zero-order valence-electron chi connectivity index (χ0n) is 34.2. The molecule has 3 atom stereocenters. The SMILES string of the molecule is COC(=O)[C@H](CC(C)C)NC(=O)[C@H](Cc1ccccc1)N1C/C=C\CN(C(=O)CNC(=O)[C@H](Cc2ccc(OC(C)(C)C)cc2)NC(=O)OC(C)(C)C)CC1=O. The number of esters is 1. The van der Waals surface area contributed by atoms with Gasteiger partial charge in [0, 0.05) is 25.9 Å². The summed E-state index contributed by atoms with van der Waals surface area (Å²) in [6, 6.07) is 13.3. The van der Waals surface area contributed by atoms with Crippen molar-refractivity contribution in [1.82, 2.24) is 25.8 Å². The van der Waals surface area contributed by atoms with Crippen LogP contribution in [-0.4, -0.2) is 108 Å². The number of ether oxygens (including phenoxy) is 3. The highest BCUT2D eigenvalue weighted by atomic mass is 16.6. The number of carbonyl (C=O) groups excluding carboxylic acids is 6. The second-order valence-corrected chi connectivity index (χ2v) is 16.2. The lowest BCUT2D eigenvalue weighted by atomic mass is 10.0. The smallest absolute Gasteiger partial charge is 0.408 e. The van der Waals surface area contributed by atoms with Crippen LogP contribution in [0.2, 0.25) is 0 Å². The third-order valence-electron chi connectivity index (χ3n) is 8.46. The minimum Gasteiger partial charge on any atom is -0.488 e. The van der Waals surface area contributed by atoms with E-state index in [1.54, 1.807) is 57.2 Å². The Hall–Kier alpha value is -5.40. The molecule has 5 amide bonds. The molecule has 2 aromatic carbocycles. The van der Waals surface area contributed by atoms with Gasteiger partial charge in [-0.05, 0) is 77.1 Å². The first-order valence-corrected chi connectivity index (χ1v) is 18.9. The third-order valence-corrected chi connectivity index (χ3v) is 8.46. The number of rotatable bonds is 15. The average Bonchev–Trinajstić information content (AvgIpc) is 3.10. The fraction of sp³-hybridized carbons (Fsp3) is 0.524. The Bertz CT molecular complexity index is 1680. The van der Waals surface area contributed by atoms with E-state index in [0.29, 0.717) is 12.2 Å². The standard InChI is InChI=1S/C42H59N5O9/c1-28(2)23-33(39(52)54-9)44-38(51)34(25-29-15-11-10-12-16-29)47-22-14-13-21-46(27-36(47)49)35(48)26-43-37(50)32(45-40(53)56-42(6,7)8)24-30-17-19-31(20-18-30)55-41(3,4)5/h10-20,28,32-34H,21-27H2,1-9H3,(H,43,50)(H,44,51)(H,45,53)/b14-13-/t32-,33-,34-/m0/s1. The van der Waals surface area contributed by atoms with Gasteiger partial charge < -0.3 is 40.0 Å². The summed E-state index contributed by atoms with van der Waals surface area (Å²) in [6.07, 6.45) is 3.20. The molecule has 56 heavy (non-hydrogen) atoms. The fourth-order valence-corrected chi connectivity index (χ4v) is 5.92. The number of carbonyl (C=O) groups is 6. The van der Waals surface area contributed by atoms with Gasteiger partial charge in [-0.2, -0.15) is 0 Å². The second-order valence-electron chi connectivity index (χ2n) is 16.2. The molecule has 0 unspecified atom stereocenters. The number of benzene rings is 2. The Kier molecular flexibility index (Phi) is 16.5. The Morgan fingerprint density at radius 1 is 0.768 bits per heavy atom. The molecule has 0 saturated heterocycles. The van der Waals surface area contributed by atoms with Gasteiger partial charge >= 0.3 is 12.1 Å². The highest BCUT2D eigenvalue weighted by molar-refractivity contribution is 5.94.